The second-order valence-electron chi connectivity index (χ2n) is 8.27. The van der Waals surface area contributed by atoms with Crippen molar-refractivity contribution in [3.05, 3.63) is 12.2 Å². The Hall–Kier alpha value is -0.870. The number of fused-ring (bicyclic) bond motifs is 2. The molecule has 0 aromatic heterocycles. The molecule has 0 aromatic rings. The fraction of sp³-hybridized carbons (Fsp3) is 0.864. The summed E-state index contributed by atoms with van der Waals surface area (Å²) >= 11 is 0. The summed E-state index contributed by atoms with van der Waals surface area (Å²) in [5, 5.41) is 18.9. The molecule has 26 heavy (non-hydrogen) atoms. The molecule has 3 unspecified atom stereocenters. The van der Waals surface area contributed by atoms with Crippen LogP contribution in [0.5, 0.6) is 0 Å². The molecule has 2 aliphatic rings. The number of aliphatic carboxylic acids is 1. The quantitative estimate of drug-likeness (QED) is 0.337. The molecule has 1 aliphatic carbocycles. The van der Waals surface area contributed by atoms with Gasteiger partial charge in [0.25, 0.3) is 0 Å². The Labute approximate surface area is 159 Å². The molecule has 0 amide bonds. The van der Waals surface area contributed by atoms with Crippen molar-refractivity contribution in [2.75, 3.05) is 6.61 Å². The maximum Gasteiger partial charge on any atom is 0.303 e. The molecule has 150 valence electrons. The summed E-state index contributed by atoms with van der Waals surface area (Å²) in [7, 11) is 0. The van der Waals surface area contributed by atoms with Gasteiger partial charge in [0.1, 0.15) is 0 Å². The van der Waals surface area contributed by atoms with Gasteiger partial charge in [0.15, 0.2) is 0 Å². The van der Waals surface area contributed by atoms with Crippen molar-refractivity contribution in [1.29, 1.82) is 0 Å². The third kappa shape index (κ3) is 7.03. The van der Waals surface area contributed by atoms with E-state index in [1.165, 1.54) is 19.3 Å². The average Bonchev–Trinajstić information content (AvgIpc) is 3.20. The molecular formula is C22H38O4. The van der Waals surface area contributed by atoms with Crippen molar-refractivity contribution < 1.29 is 19.7 Å². The Kier molecular flexibility index (Phi) is 9.69. The number of hydrogen-bond acceptors (Lipinski definition) is 3. The van der Waals surface area contributed by atoms with E-state index in [1.54, 1.807) is 0 Å². The van der Waals surface area contributed by atoms with Crippen molar-refractivity contribution >= 4 is 5.97 Å². The largest absolute Gasteiger partial charge is 0.481 e. The molecule has 0 radical (unpaired) electrons. The van der Waals surface area contributed by atoms with Crippen LogP contribution in [0.3, 0.4) is 0 Å². The maximum atomic E-state index is 10.5. The Morgan fingerprint density at radius 2 is 2.00 bits per heavy atom. The highest BCUT2D eigenvalue weighted by molar-refractivity contribution is 5.66. The van der Waals surface area contributed by atoms with Gasteiger partial charge in [-0.05, 0) is 69.1 Å². The molecule has 1 heterocycles. The highest BCUT2D eigenvalue weighted by Gasteiger charge is 2.47. The lowest BCUT2D eigenvalue weighted by molar-refractivity contribution is -0.137. The van der Waals surface area contributed by atoms with E-state index in [-0.39, 0.29) is 12.5 Å². The number of carboxylic acids is 1. The monoisotopic (exact) mass is 366 g/mol. The van der Waals surface area contributed by atoms with Crippen molar-refractivity contribution in [3.63, 3.8) is 0 Å². The van der Waals surface area contributed by atoms with Crippen LogP contribution in [0.25, 0.3) is 0 Å². The number of rotatable bonds is 14. The third-order valence-corrected chi connectivity index (χ3v) is 6.25. The molecule has 1 saturated carbocycles. The van der Waals surface area contributed by atoms with Crippen LogP contribution in [0.4, 0.5) is 0 Å². The van der Waals surface area contributed by atoms with E-state index in [9.17, 15) is 9.90 Å². The smallest absolute Gasteiger partial charge is 0.303 e. The molecule has 4 heteroatoms. The molecule has 2 fully saturated rings. The summed E-state index contributed by atoms with van der Waals surface area (Å²) < 4.78 is 5.95. The minimum absolute atomic E-state index is 0.147. The van der Waals surface area contributed by atoms with E-state index in [0.29, 0.717) is 23.9 Å². The second-order valence-corrected chi connectivity index (χ2v) is 8.27. The first-order valence-corrected chi connectivity index (χ1v) is 10.8. The van der Waals surface area contributed by atoms with Crippen molar-refractivity contribution in [2.24, 2.45) is 17.8 Å². The average molecular weight is 367 g/mol. The van der Waals surface area contributed by atoms with Crippen molar-refractivity contribution in [3.8, 4) is 0 Å². The number of allylic oxidation sites excluding steroid dienone is 2. The van der Waals surface area contributed by atoms with Gasteiger partial charge in [-0.1, -0.05) is 38.3 Å². The number of carboxylic acid groups (broad SMARTS) is 1. The van der Waals surface area contributed by atoms with Crippen LogP contribution in [-0.4, -0.2) is 35.0 Å². The van der Waals surface area contributed by atoms with Crippen LogP contribution < -0.4 is 0 Å². The minimum atomic E-state index is -0.698. The summed E-state index contributed by atoms with van der Waals surface area (Å²) in [5.74, 6) is 1.30. The first-order chi connectivity index (χ1) is 12.6. The van der Waals surface area contributed by atoms with Gasteiger partial charge >= 0.3 is 5.97 Å². The van der Waals surface area contributed by atoms with Gasteiger partial charge < -0.3 is 14.9 Å². The minimum Gasteiger partial charge on any atom is -0.481 e. The van der Waals surface area contributed by atoms with Crippen LogP contribution in [-0.2, 0) is 9.53 Å². The SMILES string of the molecule is CCCCC[C@H](O)CCC1C2CC(CO2)[C@@H]1C/C=C\CCCCC(=O)O. The van der Waals surface area contributed by atoms with Crippen LogP contribution >= 0.6 is 0 Å². The second kappa shape index (κ2) is 11.8. The van der Waals surface area contributed by atoms with E-state index >= 15 is 0 Å². The molecule has 4 nitrogen and oxygen atoms in total. The molecule has 5 atom stereocenters. The molecule has 1 aliphatic heterocycles. The topological polar surface area (TPSA) is 66.8 Å². The molecule has 1 saturated heterocycles. The van der Waals surface area contributed by atoms with Crippen molar-refractivity contribution in [2.45, 2.75) is 96.2 Å². The van der Waals surface area contributed by atoms with Gasteiger partial charge in [-0.3, -0.25) is 4.79 Å². The summed E-state index contributed by atoms with van der Waals surface area (Å²) in [5.41, 5.74) is 0. The van der Waals surface area contributed by atoms with Gasteiger partial charge in [-0.15, -0.1) is 0 Å². The lowest BCUT2D eigenvalue weighted by Gasteiger charge is -2.31. The first kappa shape index (κ1) is 21.4. The van der Waals surface area contributed by atoms with Gasteiger partial charge in [-0.2, -0.15) is 0 Å². The zero-order valence-electron chi connectivity index (χ0n) is 16.4. The number of aliphatic hydroxyl groups excluding tert-OH is 1. The Bertz CT molecular complexity index is 434. The standard InChI is InChI=1S/C22H38O4/c1-2-3-7-10-18(23)13-14-20-19(17-15-21(20)26-16-17)11-8-5-4-6-9-12-22(24)25/h5,8,17-21,23H,2-4,6-7,9-16H2,1H3,(H,24,25)/b8-5-/t17?,18-,19-,20?,21?/m0/s1. The van der Waals surface area contributed by atoms with Gasteiger partial charge in [0, 0.05) is 6.42 Å². The Morgan fingerprint density at radius 3 is 2.77 bits per heavy atom. The van der Waals surface area contributed by atoms with E-state index in [2.05, 4.69) is 19.1 Å². The van der Waals surface area contributed by atoms with E-state index in [1.807, 2.05) is 0 Å². The van der Waals surface area contributed by atoms with Gasteiger partial charge in [0.05, 0.1) is 18.8 Å². The van der Waals surface area contributed by atoms with Gasteiger partial charge in [0.2, 0.25) is 0 Å². The lowest BCUT2D eigenvalue weighted by atomic mass is 9.81. The third-order valence-electron chi connectivity index (χ3n) is 6.25. The van der Waals surface area contributed by atoms with E-state index in [0.717, 1.165) is 58.0 Å². The van der Waals surface area contributed by atoms with E-state index in [4.69, 9.17) is 9.84 Å². The molecule has 2 bridgehead atoms. The highest BCUT2D eigenvalue weighted by Crippen LogP contribution is 2.48. The van der Waals surface area contributed by atoms with Crippen LogP contribution in [0.15, 0.2) is 12.2 Å². The zero-order chi connectivity index (χ0) is 18.8. The normalized spacial score (nSPS) is 28.8. The number of carbonyl (C=O) groups is 1. The molecule has 0 aromatic carbocycles. The lowest BCUT2D eigenvalue weighted by Crippen LogP contribution is -2.29. The number of hydrogen-bond donors (Lipinski definition) is 2. The Morgan fingerprint density at radius 1 is 1.15 bits per heavy atom. The van der Waals surface area contributed by atoms with Crippen LogP contribution in [0.1, 0.15) is 84.0 Å². The van der Waals surface area contributed by atoms with Crippen LogP contribution in [0.2, 0.25) is 0 Å². The number of ether oxygens (including phenoxy) is 1. The Balaban J connectivity index is 1.68. The van der Waals surface area contributed by atoms with Crippen molar-refractivity contribution in [1.82, 2.24) is 0 Å². The number of unbranched alkanes of at least 4 members (excludes halogenated alkanes) is 4. The molecular weight excluding hydrogens is 328 g/mol. The summed E-state index contributed by atoms with van der Waals surface area (Å²) in [6.07, 6.45) is 16.6. The van der Waals surface area contributed by atoms with Crippen LogP contribution in [0, 0.1) is 17.8 Å². The summed E-state index contributed by atoms with van der Waals surface area (Å²) in [6, 6.07) is 0. The molecule has 0 spiro atoms. The fourth-order valence-electron chi connectivity index (χ4n) is 4.74. The maximum absolute atomic E-state index is 10.5. The predicted molar refractivity (Wildman–Crippen MR) is 104 cm³/mol. The van der Waals surface area contributed by atoms with Gasteiger partial charge in [-0.25, -0.2) is 0 Å². The zero-order valence-corrected chi connectivity index (χ0v) is 16.4. The van der Waals surface area contributed by atoms with E-state index < -0.39 is 5.97 Å². The fourth-order valence-corrected chi connectivity index (χ4v) is 4.74. The highest BCUT2D eigenvalue weighted by atomic mass is 16.5. The predicted octanol–water partition coefficient (Wildman–Crippen LogP) is 4.95. The summed E-state index contributed by atoms with van der Waals surface area (Å²) in [4.78, 5) is 10.5. The molecule has 2 rings (SSSR count). The first-order valence-electron chi connectivity index (χ1n) is 10.8. The summed E-state index contributed by atoms with van der Waals surface area (Å²) in [6.45, 7) is 3.11. The molecule has 2 N–H and O–H groups in total. The number of aliphatic hydroxyl groups is 1.